The van der Waals surface area contributed by atoms with Crippen LogP contribution in [0.15, 0.2) is 60.8 Å². The van der Waals surface area contributed by atoms with Gasteiger partial charge >= 0.3 is 6.09 Å². The van der Waals surface area contributed by atoms with Gasteiger partial charge in [0.05, 0.1) is 47.8 Å². The van der Waals surface area contributed by atoms with Gasteiger partial charge in [-0.15, -0.1) is 0 Å². The molecule has 0 saturated carbocycles. The first-order valence-corrected chi connectivity index (χ1v) is 12.1. The number of aromatic nitrogens is 2. The molecule has 0 unspecified atom stereocenters. The number of hydrogen-bond donors (Lipinski definition) is 1. The Hall–Kier alpha value is -4.14. The highest BCUT2D eigenvalue weighted by Crippen LogP contribution is 2.42. The van der Waals surface area contributed by atoms with Crippen LogP contribution in [0, 0.1) is 0 Å². The maximum Gasteiger partial charge on any atom is 0.407 e. The Morgan fingerprint density at radius 3 is 2.42 bits per heavy atom. The molecular weight excluding hydrogens is 529 g/mol. The van der Waals surface area contributed by atoms with Crippen LogP contribution in [0.4, 0.5) is 4.79 Å². The highest BCUT2D eigenvalue weighted by molar-refractivity contribution is 6.39. The molecule has 0 radical (unpaired) electrons. The van der Waals surface area contributed by atoms with Gasteiger partial charge in [-0.2, -0.15) is 0 Å². The molecule has 2 aromatic heterocycles. The van der Waals surface area contributed by atoms with E-state index in [1.165, 1.54) is 21.3 Å². The third kappa shape index (κ3) is 5.27. The summed E-state index contributed by atoms with van der Waals surface area (Å²) in [6, 6.07) is 15.9. The van der Waals surface area contributed by atoms with E-state index in [1.54, 1.807) is 42.6 Å². The second-order valence-electron chi connectivity index (χ2n) is 8.27. The first-order chi connectivity index (χ1) is 18.3. The summed E-state index contributed by atoms with van der Waals surface area (Å²) in [6.45, 7) is 0.119. The van der Waals surface area contributed by atoms with E-state index in [1.807, 2.05) is 18.2 Å². The third-order valence-electron chi connectivity index (χ3n) is 5.95. The minimum Gasteiger partial charge on any atom is -0.496 e. The predicted octanol–water partition coefficient (Wildman–Crippen LogP) is 6.72. The number of carbonyl (C=O) groups is 2. The Morgan fingerprint density at radius 1 is 1.00 bits per heavy atom. The summed E-state index contributed by atoms with van der Waals surface area (Å²) in [5.41, 5.74) is 4.75. The summed E-state index contributed by atoms with van der Waals surface area (Å²) >= 11 is 13.7. The predicted molar refractivity (Wildman–Crippen MR) is 146 cm³/mol. The highest BCUT2D eigenvalue weighted by atomic mass is 35.5. The minimum atomic E-state index is -1.06. The molecule has 0 bridgehead atoms. The van der Waals surface area contributed by atoms with Gasteiger partial charge in [0.1, 0.15) is 5.75 Å². The lowest BCUT2D eigenvalue weighted by Crippen LogP contribution is -2.24. The lowest BCUT2D eigenvalue weighted by Gasteiger charge is -2.17. The molecule has 194 valence electrons. The highest BCUT2D eigenvalue weighted by Gasteiger charge is 2.19. The van der Waals surface area contributed by atoms with Gasteiger partial charge < -0.3 is 19.5 Å². The Balaban J connectivity index is 1.77. The van der Waals surface area contributed by atoms with Crippen molar-refractivity contribution in [3.63, 3.8) is 0 Å². The fourth-order valence-corrected chi connectivity index (χ4v) is 4.63. The van der Waals surface area contributed by atoms with Crippen molar-refractivity contribution in [3.05, 3.63) is 82.0 Å². The molecular formula is C28H23Cl2N3O5. The zero-order valence-corrected chi connectivity index (χ0v) is 22.2. The van der Waals surface area contributed by atoms with Gasteiger partial charge in [0.25, 0.3) is 0 Å². The number of benzene rings is 2. The molecule has 0 aliphatic rings. The van der Waals surface area contributed by atoms with E-state index >= 15 is 0 Å². The third-order valence-corrected chi connectivity index (χ3v) is 6.74. The second kappa shape index (κ2) is 11.5. The number of ether oxygens (including phenoxy) is 2. The first-order valence-electron chi connectivity index (χ1n) is 11.3. The second-order valence-corrected chi connectivity index (χ2v) is 9.02. The average molecular weight is 552 g/mol. The summed E-state index contributed by atoms with van der Waals surface area (Å²) in [6.07, 6.45) is 1.30. The number of aldehydes is 1. The number of halogens is 2. The fraction of sp³-hybridized carbons (Fsp3) is 0.143. The Kier molecular flexibility index (Phi) is 8.14. The van der Waals surface area contributed by atoms with Crippen molar-refractivity contribution in [1.29, 1.82) is 0 Å². The summed E-state index contributed by atoms with van der Waals surface area (Å²) < 4.78 is 10.8. The van der Waals surface area contributed by atoms with Crippen molar-refractivity contribution < 1.29 is 24.2 Å². The topological polar surface area (TPSA) is 102 Å². The molecule has 2 heterocycles. The van der Waals surface area contributed by atoms with Crippen LogP contribution in [0.5, 0.6) is 11.6 Å². The lowest BCUT2D eigenvalue weighted by molar-refractivity contribution is 0.112. The molecule has 10 heteroatoms. The number of carboxylic acid groups (broad SMARTS) is 1. The van der Waals surface area contributed by atoms with Gasteiger partial charge in [0.2, 0.25) is 5.88 Å². The fourth-order valence-electron chi connectivity index (χ4n) is 3.99. The number of pyridine rings is 2. The van der Waals surface area contributed by atoms with Gasteiger partial charge in [0.15, 0.2) is 6.29 Å². The molecule has 38 heavy (non-hydrogen) atoms. The molecule has 8 nitrogen and oxygen atoms in total. The number of amides is 1. The van der Waals surface area contributed by atoms with Crippen LogP contribution in [0.3, 0.4) is 0 Å². The molecule has 0 aliphatic heterocycles. The van der Waals surface area contributed by atoms with Crippen molar-refractivity contribution >= 4 is 35.6 Å². The van der Waals surface area contributed by atoms with Crippen molar-refractivity contribution in [3.8, 4) is 45.3 Å². The van der Waals surface area contributed by atoms with Crippen LogP contribution in [-0.4, -0.2) is 53.6 Å². The molecule has 2 aromatic carbocycles. The van der Waals surface area contributed by atoms with Crippen LogP contribution in [0.25, 0.3) is 33.6 Å². The zero-order valence-electron chi connectivity index (χ0n) is 20.7. The molecule has 1 amide bonds. The van der Waals surface area contributed by atoms with Crippen LogP contribution in [0.2, 0.25) is 10.0 Å². The summed E-state index contributed by atoms with van der Waals surface area (Å²) in [5.74, 6) is 0.716. The summed E-state index contributed by atoms with van der Waals surface area (Å²) in [7, 11) is 4.43. The molecule has 0 aliphatic carbocycles. The van der Waals surface area contributed by atoms with Crippen LogP contribution in [0.1, 0.15) is 15.9 Å². The lowest BCUT2D eigenvalue weighted by atomic mass is 9.99. The maximum atomic E-state index is 11.3. The van der Waals surface area contributed by atoms with Crippen LogP contribution >= 0.6 is 23.2 Å². The van der Waals surface area contributed by atoms with E-state index in [-0.39, 0.29) is 6.54 Å². The normalized spacial score (nSPS) is 10.7. The van der Waals surface area contributed by atoms with Crippen molar-refractivity contribution in [1.82, 2.24) is 14.9 Å². The quantitative estimate of drug-likeness (QED) is 0.242. The van der Waals surface area contributed by atoms with Crippen molar-refractivity contribution in [2.24, 2.45) is 0 Å². The zero-order chi connectivity index (χ0) is 27.4. The SMILES string of the molecule is COc1cc(-c2nccc(-c3cccc(-c4ccc(CN(C)C(=O)O)c(OC)n4)c3Cl)c2Cl)ccc1C=O. The Bertz CT molecular complexity index is 1530. The maximum absolute atomic E-state index is 11.3. The summed E-state index contributed by atoms with van der Waals surface area (Å²) in [4.78, 5) is 32.7. The Labute approximate surface area is 229 Å². The van der Waals surface area contributed by atoms with E-state index in [0.717, 1.165) is 11.2 Å². The number of hydrogen-bond acceptors (Lipinski definition) is 6. The van der Waals surface area contributed by atoms with Gasteiger partial charge in [-0.3, -0.25) is 9.78 Å². The number of methoxy groups -OCH3 is 2. The Morgan fingerprint density at radius 2 is 1.74 bits per heavy atom. The minimum absolute atomic E-state index is 0.119. The average Bonchev–Trinajstić information content (AvgIpc) is 2.93. The monoisotopic (exact) mass is 551 g/mol. The van der Waals surface area contributed by atoms with E-state index in [2.05, 4.69) is 9.97 Å². The van der Waals surface area contributed by atoms with E-state index in [0.29, 0.717) is 66.4 Å². The van der Waals surface area contributed by atoms with Gasteiger partial charge in [-0.25, -0.2) is 9.78 Å². The number of rotatable bonds is 8. The van der Waals surface area contributed by atoms with Crippen molar-refractivity contribution in [2.75, 3.05) is 21.3 Å². The van der Waals surface area contributed by atoms with Crippen LogP contribution in [-0.2, 0) is 6.54 Å². The van der Waals surface area contributed by atoms with Gasteiger partial charge in [0, 0.05) is 41.1 Å². The smallest absolute Gasteiger partial charge is 0.407 e. The largest absolute Gasteiger partial charge is 0.496 e. The standard InChI is InChI=1S/C28H23Cl2N3O5/c1-33(28(35)36)14-17-9-10-22(32-27(17)38-3)21-6-4-5-19(24(21)29)20-11-12-31-26(25(20)30)16-7-8-18(15-34)23(13-16)37-2/h4-13,15H,14H2,1-3H3,(H,35,36). The first kappa shape index (κ1) is 26.9. The van der Waals surface area contributed by atoms with E-state index < -0.39 is 6.09 Å². The molecule has 4 aromatic rings. The molecule has 4 rings (SSSR count). The van der Waals surface area contributed by atoms with Gasteiger partial charge in [-0.1, -0.05) is 47.5 Å². The van der Waals surface area contributed by atoms with E-state index in [4.69, 9.17) is 32.7 Å². The van der Waals surface area contributed by atoms with E-state index in [9.17, 15) is 14.7 Å². The summed E-state index contributed by atoms with van der Waals surface area (Å²) in [5, 5.41) is 9.99. The number of nitrogens with zero attached hydrogens (tertiary/aromatic N) is 3. The number of carbonyl (C=O) groups excluding carboxylic acids is 1. The molecule has 0 fully saturated rings. The van der Waals surface area contributed by atoms with Crippen LogP contribution < -0.4 is 9.47 Å². The van der Waals surface area contributed by atoms with Crippen molar-refractivity contribution in [2.45, 2.75) is 6.54 Å². The molecule has 0 saturated heterocycles. The molecule has 0 atom stereocenters. The molecule has 1 N–H and O–H groups in total. The van der Waals surface area contributed by atoms with Gasteiger partial charge in [-0.05, 0) is 30.3 Å². The molecule has 0 spiro atoms.